The van der Waals surface area contributed by atoms with E-state index in [0.29, 0.717) is 26.2 Å². The van der Waals surface area contributed by atoms with Crippen molar-refractivity contribution < 1.29 is 71.1 Å². The fourth-order valence-electron chi connectivity index (χ4n) is 2.54. The first kappa shape index (κ1) is 62.0. The zero-order chi connectivity index (χ0) is 39.1. The first-order valence-electron chi connectivity index (χ1n) is 13.9. The van der Waals surface area contributed by atoms with Gasteiger partial charge in [-0.25, -0.2) is 33.7 Å². The molecular formula is C24H48Ca2N4O16S4. The van der Waals surface area contributed by atoms with E-state index in [-0.39, 0.29) is 125 Å². The Balaban J connectivity index is -0.000000127. The van der Waals surface area contributed by atoms with Gasteiger partial charge in [0.05, 0.1) is 40.5 Å². The van der Waals surface area contributed by atoms with E-state index in [0.717, 1.165) is 0 Å². The number of amides is 4. The topological polar surface area (TPSA) is 310 Å². The molecule has 0 aromatic heterocycles. The molecule has 0 aromatic carbocycles. The zero-order valence-electron chi connectivity index (χ0n) is 29.9. The second kappa shape index (κ2) is 31.4. The number of rotatable bonds is 16. The van der Waals surface area contributed by atoms with Gasteiger partial charge in [0.1, 0.15) is 0 Å². The SMILES string of the molecule is CC(=O)N(C)CCCS(=O)(=O)[O-].CC(=O)N(C)CCCS(=O)(=O)[O-].CC(=O)N(C)CCCS(=O)(=O)[O-].CC(=O)N(C)CCCS(=O)(=O)[O-].[Ca+2].[Ca+2]. The van der Waals surface area contributed by atoms with Crippen LogP contribution in [0.15, 0.2) is 0 Å². The second-order valence-electron chi connectivity index (χ2n) is 10.2. The Morgan fingerprint density at radius 2 is 0.500 bits per heavy atom. The zero-order valence-corrected chi connectivity index (χ0v) is 37.5. The average molecular weight is 857 g/mol. The van der Waals surface area contributed by atoms with Crippen LogP contribution in [0.25, 0.3) is 0 Å². The molecule has 0 bridgehead atoms. The van der Waals surface area contributed by atoms with E-state index < -0.39 is 63.5 Å². The van der Waals surface area contributed by atoms with Gasteiger partial charge in [-0.1, -0.05) is 0 Å². The first-order chi connectivity index (χ1) is 21.3. The summed E-state index contributed by atoms with van der Waals surface area (Å²) in [4.78, 5) is 47.9. The van der Waals surface area contributed by atoms with Crippen LogP contribution in [-0.2, 0) is 59.7 Å². The fraction of sp³-hybridized carbons (Fsp3) is 0.833. The Morgan fingerprint density at radius 1 is 0.380 bits per heavy atom. The van der Waals surface area contributed by atoms with Crippen LogP contribution < -0.4 is 0 Å². The van der Waals surface area contributed by atoms with Crippen LogP contribution in [-0.4, -0.2) is 248 Å². The molecule has 50 heavy (non-hydrogen) atoms. The molecule has 20 nitrogen and oxygen atoms in total. The molecule has 0 N–H and O–H groups in total. The third-order valence-electron chi connectivity index (χ3n) is 5.70. The molecule has 0 spiro atoms. The third kappa shape index (κ3) is 54.8. The van der Waals surface area contributed by atoms with Crippen LogP contribution in [0, 0.1) is 0 Å². The van der Waals surface area contributed by atoms with Crippen LogP contribution in [0.4, 0.5) is 0 Å². The van der Waals surface area contributed by atoms with Crippen molar-refractivity contribution in [3.63, 3.8) is 0 Å². The van der Waals surface area contributed by atoms with Gasteiger partial charge in [0.2, 0.25) is 23.6 Å². The van der Waals surface area contributed by atoms with Gasteiger partial charge in [0.25, 0.3) is 0 Å². The van der Waals surface area contributed by atoms with Crippen molar-refractivity contribution in [3.05, 3.63) is 0 Å². The van der Waals surface area contributed by atoms with E-state index in [4.69, 9.17) is 0 Å². The minimum absolute atomic E-state index is 0. The Labute approximate surface area is 357 Å². The van der Waals surface area contributed by atoms with Crippen molar-refractivity contribution in [2.75, 3.05) is 77.4 Å². The first-order valence-corrected chi connectivity index (χ1v) is 20.2. The van der Waals surface area contributed by atoms with Crippen molar-refractivity contribution in [1.29, 1.82) is 0 Å². The summed E-state index contributed by atoms with van der Waals surface area (Å²) in [5.41, 5.74) is 0. The van der Waals surface area contributed by atoms with E-state index in [2.05, 4.69) is 0 Å². The van der Waals surface area contributed by atoms with Gasteiger partial charge in [0.15, 0.2) is 0 Å². The van der Waals surface area contributed by atoms with Crippen molar-refractivity contribution in [2.24, 2.45) is 0 Å². The Morgan fingerprint density at radius 3 is 0.580 bits per heavy atom. The number of hydrogen-bond donors (Lipinski definition) is 0. The summed E-state index contributed by atoms with van der Waals surface area (Å²) < 4.78 is 121. The second-order valence-corrected chi connectivity index (χ2v) is 16.3. The van der Waals surface area contributed by atoms with Gasteiger partial charge in [-0.15, -0.1) is 0 Å². The number of nitrogens with zero attached hydrogens (tertiary/aromatic N) is 4. The summed E-state index contributed by atoms with van der Waals surface area (Å²) in [5, 5.41) is 0. The molecule has 288 valence electrons. The molecule has 0 aliphatic carbocycles. The van der Waals surface area contributed by atoms with Crippen molar-refractivity contribution in [1.82, 2.24) is 19.6 Å². The van der Waals surface area contributed by atoms with Gasteiger partial charge >= 0.3 is 75.5 Å². The molecule has 0 aliphatic heterocycles. The maximum Gasteiger partial charge on any atom is 2.00 e. The molecule has 0 radical (unpaired) electrons. The standard InChI is InChI=1S/4C6H13NO4S.2Ca/c4*1-6(8)7(2)4-3-5-12(9,10)11;;/h4*3-5H2,1-2H3,(H,9,10,11);;/q;;;;2*+2/p-4. The predicted octanol–water partition coefficient (Wildman–Crippen LogP) is -3.16. The van der Waals surface area contributed by atoms with E-state index in [9.17, 15) is 71.1 Å². The molecule has 0 aliphatic rings. The summed E-state index contributed by atoms with van der Waals surface area (Å²) in [6.07, 6.45) is 0.785. The molecule has 0 saturated heterocycles. The predicted molar refractivity (Wildman–Crippen MR) is 181 cm³/mol. The monoisotopic (exact) mass is 856 g/mol. The van der Waals surface area contributed by atoms with E-state index in [1.54, 1.807) is 28.2 Å². The van der Waals surface area contributed by atoms with Gasteiger partial charge in [-0.2, -0.15) is 0 Å². The minimum Gasteiger partial charge on any atom is -0.748 e. The van der Waals surface area contributed by atoms with Gasteiger partial charge < -0.3 is 37.8 Å². The number of carbonyl (C=O) groups excluding carboxylic acids is 4. The van der Waals surface area contributed by atoms with Crippen molar-refractivity contribution >= 4 is 140 Å². The summed E-state index contributed by atoms with van der Waals surface area (Å²) in [5.74, 6) is -2.21. The number of carbonyl (C=O) groups is 4. The number of hydrogen-bond acceptors (Lipinski definition) is 16. The maximum atomic E-state index is 10.6. The Kier molecular flexibility index (Phi) is 39.0. The van der Waals surface area contributed by atoms with E-state index in [1.165, 1.54) is 47.3 Å². The molecule has 4 amide bonds. The van der Waals surface area contributed by atoms with Crippen molar-refractivity contribution in [3.8, 4) is 0 Å². The summed E-state index contributed by atoms with van der Waals surface area (Å²) in [6.45, 7) is 6.73. The van der Waals surface area contributed by atoms with E-state index in [1.807, 2.05) is 0 Å². The smallest absolute Gasteiger partial charge is 0.748 e. The molecule has 0 atom stereocenters. The molecule has 0 aromatic rings. The van der Waals surface area contributed by atoms with Crippen LogP contribution in [0.5, 0.6) is 0 Å². The largest absolute Gasteiger partial charge is 2.00 e. The Bertz CT molecular complexity index is 1210. The molecule has 0 rings (SSSR count). The Hall–Kier alpha value is 0.0395. The van der Waals surface area contributed by atoms with Gasteiger partial charge in [-0.3, -0.25) is 19.2 Å². The molecular weight excluding hydrogens is 809 g/mol. The van der Waals surface area contributed by atoms with Crippen LogP contribution in [0.3, 0.4) is 0 Å². The summed E-state index contributed by atoms with van der Waals surface area (Å²) >= 11 is 0. The van der Waals surface area contributed by atoms with Crippen molar-refractivity contribution in [2.45, 2.75) is 53.4 Å². The van der Waals surface area contributed by atoms with Crippen LogP contribution >= 0.6 is 0 Å². The molecule has 0 unspecified atom stereocenters. The molecule has 0 saturated carbocycles. The van der Waals surface area contributed by atoms with Gasteiger partial charge in [0, 0.05) is 105 Å². The minimum atomic E-state index is -4.13. The van der Waals surface area contributed by atoms with E-state index >= 15 is 0 Å². The summed E-state index contributed by atoms with van der Waals surface area (Å²) in [6, 6.07) is 0. The average Bonchev–Trinajstić information content (AvgIpc) is 2.86. The molecule has 0 fully saturated rings. The normalized spacial score (nSPS) is 10.8. The molecule has 26 heteroatoms. The maximum absolute atomic E-state index is 10.6. The van der Waals surface area contributed by atoms with Crippen LogP contribution in [0.2, 0.25) is 0 Å². The quantitative estimate of drug-likeness (QED) is 0.109. The summed E-state index contributed by atoms with van der Waals surface area (Å²) in [7, 11) is -10.3. The molecule has 0 heterocycles. The van der Waals surface area contributed by atoms with Gasteiger partial charge in [-0.05, 0) is 25.7 Å². The fourth-order valence-corrected chi connectivity index (χ4v) is 4.47. The van der Waals surface area contributed by atoms with Crippen LogP contribution in [0.1, 0.15) is 53.4 Å². The third-order valence-corrected chi connectivity index (χ3v) is 8.86.